The van der Waals surface area contributed by atoms with Crippen molar-refractivity contribution in [2.45, 2.75) is 38.0 Å². The Morgan fingerprint density at radius 1 is 1.31 bits per heavy atom. The largest absolute Gasteiger partial charge is 0.360 e. The summed E-state index contributed by atoms with van der Waals surface area (Å²) in [5, 5.41) is 3.79. The van der Waals surface area contributed by atoms with Gasteiger partial charge in [-0.05, 0) is 44.7 Å². The Balaban J connectivity index is 1.54. The van der Waals surface area contributed by atoms with Gasteiger partial charge in [0.15, 0.2) is 5.76 Å². The molecular weight excluding hydrogens is 352 g/mol. The molecule has 2 aromatic heterocycles. The van der Waals surface area contributed by atoms with E-state index in [0.717, 1.165) is 36.1 Å². The number of hydrogen-bond acceptors (Lipinski definition) is 5. The van der Waals surface area contributed by atoms with Crippen LogP contribution in [0, 0.1) is 19.8 Å². The Morgan fingerprint density at radius 3 is 2.85 bits per heavy atom. The summed E-state index contributed by atoms with van der Waals surface area (Å²) >= 11 is 0. The number of aromatic amines is 1. The first kappa shape index (κ1) is 17.2. The van der Waals surface area contributed by atoms with Crippen molar-refractivity contribution in [2.75, 3.05) is 13.1 Å². The van der Waals surface area contributed by atoms with Crippen molar-refractivity contribution in [1.82, 2.24) is 19.4 Å². The number of rotatable bonds is 4. The van der Waals surface area contributed by atoms with Crippen LogP contribution in [0.5, 0.6) is 0 Å². The molecule has 4 rings (SSSR count). The van der Waals surface area contributed by atoms with Gasteiger partial charge in [0.1, 0.15) is 16.4 Å². The maximum atomic E-state index is 13.0. The van der Waals surface area contributed by atoms with Crippen molar-refractivity contribution in [2.24, 2.45) is 5.92 Å². The molecule has 8 heteroatoms. The molecule has 1 unspecified atom stereocenters. The van der Waals surface area contributed by atoms with E-state index < -0.39 is 10.0 Å². The first-order valence-corrected chi connectivity index (χ1v) is 10.3. The van der Waals surface area contributed by atoms with Crippen molar-refractivity contribution >= 4 is 21.1 Å². The lowest BCUT2D eigenvalue weighted by Gasteiger charge is -2.31. The van der Waals surface area contributed by atoms with Gasteiger partial charge < -0.3 is 9.51 Å². The second-order valence-corrected chi connectivity index (χ2v) is 8.80. The number of aryl methyl sites for hydroxylation is 2. The summed E-state index contributed by atoms with van der Waals surface area (Å²) in [6.45, 7) is 4.33. The third kappa shape index (κ3) is 3.03. The fourth-order valence-electron chi connectivity index (χ4n) is 3.76. The molecule has 138 valence electrons. The Kier molecular flexibility index (Phi) is 4.32. The van der Waals surface area contributed by atoms with E-state index in [4.69, 9.17) is 4.52 Å². The maximum absolute atomic E-state index is 13.0. The molecule has 0 spiro atoms. The summed E-state index contributed by atoms with van der Waals surface area (Å²) in [7, 11) is -3.58. The molecule has 1 saturated heterocycles. The molecule has 7 nitrogen and oxygen atoms in total. The number of H-pyrrole nitrogens is 1. The number of fused-ring (bicyclic) bond motifs is 1. The quantitative estimate of drug-likeness (QED) is 0.758. The van der Waals surface area contributed by atoms with E-state index >= 15 is 0 Å². The van der Waals surface area contributed by atoms with E-state index in [0.29, 0.717) is 24.5 Å². The zero-order valence-electron chi connectivity index (χ0n) is 14.9. The van der Waals surface area contributed by atoms with Crippen molar-refractivity contribution < 1.29 is 12.9 Å². The van der Waals surface area contributed by atoms with Crippen LogP contribution in [-0.2, 0) is 16.4 Å². The van der Waals surface area contributed by atoms with Gasteiger partial charge in [-0.25, -0.2) is 13.4 Å². The van der Waals surface area contributed by atoms with Crippen LogP contribution in [0.2, 0.25) is 0 Å². The van der Waals surface area contributed by atoms with Crippen molar-refractivity contribution in [1.29, 1.82) is 0 Å². The summed E-state index contributed by atoms with van der Waals surface area (Å²) in [6.07, 6.45) is 2.57. The van der Waals surface area contributed by atoms with E-state index in [-0.39, 0.29) is 10.8 Å². The minimum Gasteiger partial charge on any atom is -0.360 e. The Bertz CT molecular complexity index is 985. The van der Waals surface area contributed by atoms with Crippen molar-refractivity contribution in [3.8, 4) is 0 Å². The Labute approximate surface area is 152 Å². The number of para-hydroxylation sites is 2. The van der Waals surface area contributed by atoms with Crippen LogP contribution in [0.4, 0.5) is 0 Å². The molecular formula is C18H22N4O3S. The van der Waals surface area contributed by atoms with Crippen molar-refractivity contribution in [3.05, 3.63) is 41.5 Å². The van der Waals surface area contributed by atoms with Crippen LogP contribution in [0.3, 0.4) is 0 Å². The minimum absolute atomic E-state index is 0.210. The van der Waals surface area contributed by atoms with Crippen LogP contribution < -0.4 is 0 Å². The van der Waals surface area contributed by atoms with Gasteiger partial charge in [-0.1, -0.05) is 17.3 Å². The van der Waals surface area contributed by atoms with Gasteiger partial charge in [-0.15, -0.1) is 0 Å². The van der Waals surface area contributed by atoms with Gasteiger partial charge in [0.05, 0.1) is 11.0 Å². The van der Waals surface area contributed by atoms with E-state index in [1.807, 2.05) is 24.3 Å². The molecule has 3 heterocycles. The van der Waals surface area contributed by atoms with E-state index in [1.165, 1.54) is 0 Å². The predicted molar refractivity (Wildman–Crippen MR) is 97.3 cm³/mol. The standard InChI is InChI=1S/C18H22N4O3S/c1-12-18(13(2)25-21-12)26(23,24)22-9-5-6-14(11-22)10-17-19-15-7-3-4-8-16(15)20-17/h3-4,7-8,14H,5-6,9-11H2,1-2H3,(H,19,20). The van der Waals surface area contributed by atoms with Gasteiger partial charge >= 0.3 is 0 Å². The monoisotopic (exact) mass is 374 g/mol. The van der Waals surface area contributed by atoms with E-state index in [2.05, 4.69) is 15.1 Å². The van der Waals surface area contributed by atoms with E-state index in [9.17, 15) is 8.42 Å². The predicted octanol–water partition coefficient (Wildman–Crippen LogP) is 2.81. The molecule has 26 heavy (non-hydrogen) atoms. The summed E-state index contributed by atoms with van der Waals surface area (Å²) in [5.74, 6) is 1.49. The number of nitrogens with one attached hydrogen (secondary N) is 1. The van der Waals surface area contributed by atoms with Crippen molar-refractivity contribution in [3.63, 3.8) is 0 Å². The highest BCUT2D eigenvalue weighted by Crippen LogP contribution is 2.29. The zero-order chi connectivity index (χ0) is 18.3. The molecule has 0 radical (unpaired) electrons. The summed E-state index contributed by atoms with van der Waals surface area (Å²) < 4.78 is 32.7. The highest BCUT2D eigenvalue weighted by Gasteiger charge is 2.34. The molecule has 1 aromatic carbocycles. The molecule has 0 aliphatic carbocycles. The number of hydrogen-bond donors (Lipinski definition) is 1. The number of imidazole rings is 1. The van der Waals surface area contributed by atoms with Gasteiger partial charge in [0.25, 0.3) is 0 Å². The molecule has 1 aliphatic heterocycles. The molecule has 1 atom stereocenters. The van der Waals surface area contributed by atoms with Gasteiger partial charge in [-0.3, -0.25) is 0 Å². The number of benzene rings is 1. The third-order valence-corrected chi connectivity index (χ3v) is 7.08. The van der Waals surface area contributed by atoms with Gasteiger partial charge in [-0.2, -0.15) is 4.31 Å². The molecule has 1 fully saturated rings. The van der Waals surface area contributed by atoms with Crippen LogP contribution in [-0.4, -0.2) is 40.9 Å². The molecule has 1 aliphatic rings. The third-order valence-electron chi connectivity index (χ3n) is 4.97. The Morgan fingerprint density at radius 2 is 2.12 bits per heavy atom. The van der Waals surface area contributed by atoms with Crippen LogP contribution >= 0.6 is 0 Å². The number of sulfonamides is 1. The first-order chi connectivity index (χ1) is 12.4. The number of aromatic nitrogens is 3. The molecule has 1 N–H and O–H groups in total. The summed E-state index contributed by atoms with van der Waals surface area (Å²) in [4.78, 5) is 8.17. The second-order valence-electron chi connectivity index (χ2n) is 6.93. The van der Waals surface area contributed by atoms with Gasteiger partial charge in [0, 0.05) is 19.5 Å². The van der Waals surface area contributed by atoms with Crippen LogP contribution in [0.15, 0.2) is 33.7 Å². The van der Waals surface area contributed by atoms with Crippen LogP contribution in [0.25, 0.3) is 11.0 Å². The highest BCUT2D eigenvalue weighted by atomic mass is 32.2. The normalized spacial score (nSPS) is 19.2. The zero-order valence-corrected chi connectivity index (χ0v) is 15.7. The fraction of sp³-hybridized carbons (Fsp3) is 0.444. The number of piperidine rings is 1. The molecule has 0 saturated carbocycles. The highest BCUT2D eigenvalue weighted by molar-refractivity contribution is 7.89. The SMILES string of the molecule is Cc1noc(C)c1S(=O)(=O)N1CCCC(Cc2nc3ccccc3[nH]2)C1. The average molecular weight is 374 g/mol. The fourth-order valence-corrected chi connectivity index (χ4v) is 5.61. The van der Waals surface area contributed by atoms with Gasteiger partial charge in [0.2, 0.25) is 10.0 Å². The maximum Gasteiger partial charge on any atom is 0.248 e. The van der Waals surface area contributed by atoms with E-state index in [1.54, 1.807) is 18.2 Å². The lowest BCUT2D eigenvalue weighted by Crippen LogP contribution is -2.40. The smallest absolute Gasteiger partial charge is 0.248 e. The number of nitrogens with zero attached hydrogens (tertiary/aromatic N) is 3. The molecule has 0 amide bonds. The lowest BCUT2D eigenvalue weighted by molar-refractivity contribution is 0.263. The first-order valence-electron chi connectivity index (χ1n) is 8.82. The second kappa shape index (κ2) is 6.51. The molecule has 3 aromatic rings. The summed E-state index contributed by atoms with van der Waals surface area (Å²) in [5.41, 5.74) is 2.37. The Hall–Kier alpha value is -2.19. The topological polar surface area (TPSA) is 92.1 Å². The average Bonchev–Trinajstić information content (AvgIpc) is 3.17. The lowest BCUT2D eigenvalue weighted by atomic mass is 9.96. The minimum atomic E-state index is -3.58. The summed E-state index contributed by atoms with van der Waals surface area (Å²) in [6, 6.07) is 7.92. The van der Waals surface area contributed by atoms with Crippen LogP contribution in [0.1, 0.15) is 30.1 Å². The molecule has 0 bridgehead atoms.